The van der Waals surface area contributed by atoms with Gasteiger partial charge < -0.3 is 15.2 Å². The van der Waals surface area contributed by atoms with Gasteiger partial charge in [-0.15, -0.1) is 0 Å². The summed E-state index contributed by atoms with van der Waals surface area (Å²) >= 11 is 0. The van der Waals surface area contributed by atoms with Gasteiger partial charge >= 0.3 is 5.97 Å². The molecule has 2 heterocycles. The zero-order valence-electron chi connectivity index (χ0n) is 13.7. The molecule has 1 fully saturated rings. The molecule has 24 heavy (non-hydrogen) atoms. The fourth-order valence-corrected chi connectivity index (χ4v) is 3.00. The monoisotopic (exact) mass is 330 g/mol. The van der Waals surface area contributed by atoms with Gasteiger partial charge in [-0.3, -0.25) is 14.4 Å². The summed E-state index contributed by atoms with van der Waals surface area (Å²) in [5, 5.41) is 16.4. The summed E-state index contributed by atoms with van der Waals surface area (Å²) in [5.41, 5.74) is 2.20. The van der Waals surface area contributed by atoms with Crippen LogP contribution in [0, 0.1) is 0 Å². The number of carboxylic acid groups (broad SMARTS) is 1. The lowest BCUT2D eigenvalue weighted by Gasteiger charge is -2.31. The Labute approximate surface area is 140 Å². The molecule has 2 aromatic rings. The molecule has 1 aromatic carbocycles. The van der Waals surface area contributed by atoms with Crippen LogP contribution in [0.3, 0.4) is 0 Å². The lowest BCUT2D eigenvalue weighted by atomic mass is 10.1. The SMILES string of the molecule is COc1ccc(CN2CCN[C@@H](C(=O)O)C2)cc1Cn1cccn1. The van der Waals surface area contributed by atoms with E-state index < -0.39 is 12.0 Å². The van der Waals surface area contributed by atoms with Crippen LogP contribution in [0.5, 0.6) is 5.75 Å². The van der Waals surface area contributed by atoms with E-state index in [0.717, 1.165) is 30.0 Å². The van der Waals surface area contributed by atoms with Crippen molar-refractivity contribution in [1.29, 1.82) is 0 Å². The third-order valence-electron chi connectivity index (χ3n) is 4.20. The third kappa shape index (κ3) is 3.93. The van der Waals surface area contributed by atoms with E-state index in [1.54, 1.807) is 13.3 Å². The molecule has 0 spiro atoms. The molecule has 1 saturated heterocycles. The van der Waals surface area contributed by atoms with Gasteiger partial charge in [-0.2, -0.15) is 5.10 Å². The number of benzene rings is 1. The molecule has 0 unspecified atom stereocenters. The van der Waals surface area contributed by atoms with Gasteiger partial charge in [0, 0.05) is 44.1 Å². The van der Waals surface area contributed by atoms with Gasteiger partial charge in [0.1, 0.15) is 11.8 Å². The minimum Gasteiger partial charge on any atom is -0.496 e. The van der Waals surface area contributed by atoms with Gasteiger partial charge in [0.05, 0.1) is 13.7 Å². The Morgan fingerprint density at radius 1 is 1.46 bits per heavy atom. The maximum atomic E-state index is 11.2. The number of methoxy groups -OCH3 is 1. The fraction of sp³-hybridized carbons (Fsp3) is 0.412. The summed E-state index contributed by atoms with van der Waals surface area (Å²) in [5.74, 6) is 0.0341. The van der Waals surface area contributed by atoms with Crippen molar-refractivity contribution in [3.05, 3.63) is 47.8 Å². The number of ether oxygens (including phenoxy) is 1. The van der Waals surface area contributed by atoms with Crippen LogP contribution >= 0.6 is 0 Å². The molecule has 7 heteroatoms. The Bertz CT molecular complexity index is 687. The average Bonchev–Trinajstić information content (AvgIpc) is 3.08. The topological polar surface area (TPSA) is 79.6 Å². The van der Waals surface area contributed by atoms with Crippen molar-refractivity contribution < 1.29 is 14.6 Å². The normalized spacial score (nSPS) is 18.5. The van der Waals surface area contributed by atoms with Crippen LogP contribution in [0.25, 0.3) is 0 Å². The minimum atomic E-state index is -0.797. The Kier molecular flexibility index (Phi) is 5.12. The fourth-order valence-electron chi connectivity index (χ4n) is 3.00. The number of piperazine rings is 1. The summed E-state index contributed by atoms with van der Waals surface area (Å²) in [6.07, 6.45) is 3.67. The number of carboxylic acids is 1. The first-order chi connectivity index (χ1) is 11.7. The predicted octanol–water partition coefficient (Wildman–Crippen LogP) is 0.798. The number of nitrogens with one attached hydrogen (secondary N) is 1. The van der Waals surface area contributed by atoms with Crippen molar-refractivity contribution in [2.24, 2.45) is 0 Å². The summed E-state index contributed by atoms with van der Waals surface area (Å²) < 4.78 is 7.30. The van der Waals surface area contributed by atoms with Gasteiger partial charge in [-0.05, 0) is 23.8 Å². The summed E-state index contributed by atoms with van der Waals surface area (Å²) in [6, 6.07) is 7.50. The van der Waals surface area contributed by atoms with Gasteiger partial charge in [-0.1, -0.05) is 6.07 Å². The summed E-state index contributed by atoms with van der Waals surface area (Å²) in [7, 11) is 1.66. The molecule has 0 radical (unpaired) electrons. The number of hydrogen-bond acceptors (Lipinski definition) is 5. The highest BCUT2D eigenvalue weighted by atomic mass is 16.5. The number of carbonyl (C=O) groups is 1. The zero-order valence-corrected chi connectivity index (χ0v) is 13.7. The van der Waals surface area contributed by atoms with E-state index in [2.05, 4.69) is 21.4 Å². The van der Waals surface area contributed by atoms with Crippen LogP contribution in [0.4, 0.5) is 0 Å². The molecule has 1 aliphatic rings. The van der Waals surface area contributed by atoms with Crippen LogP contribution < -0.4 is 10.1 Å². The minimum absolute atomic E-state index is 0.499. The molecule has 1 aliphatic heterocycles. The smallest absolute Gasteiger partial charge is 0.322 e. The maximum Gasteiger partial charge on any atom is 0.322 e. The lowest BCUT2D eigenvalue weighted by Crippen LogP contribution is -2.53. The Balaban J connectivity index is 1.72. The second-order valence-corrected chi connectivity index (χ2v) is 5.93. The first-order valence-electron chi connectivity index (χ1n) is 7.97. The number of aromatic nitrogens is 2. The summed E-state index contributed by atoms with van der Waals surface area (Å²) in [6.45, 7) is 3.40. The molecule has 3 rings (SSSR count). The first-order valence-corrected chi connectivity index (χ1v) is 7.97. The number of hydrogen-bond donors (Lipinski definition) is 2. The molecule has 128 valence electrons. The van der Waals surface area contributed by atoms with Crippen LogP contribution in [0.1, 0.15) is 11.1 Å². The van der Waals surface area contributed by atoms with E-state index in [-0.39, 0.29) is 0 Å². The Morgan fingerprint density at radius 3 is 3.04 bits per heavy atom. The molecular formula is C17H22N4O3. The molecule has 0 aliphatic carbocycles. The van der Waals surface area contributed by atoms with Gasteiger partial charge in [0.25, 0.3) is 0 Å². The van der Waals surface area contributed by atoms with E-state index >= 15 is 0 Å². The van der Waals surface area contributed by atoms with Crippen LogP contribution in [0.2, 0.25) is 0 Å². The molecule has 1 atom stereocenters. The van der Waals surface area contributed by atoms with Crippen LogP contribution in [-0.2, 0) is 17.9 Å². The number of rotatable bonds is 6. The highest BCUT2D eigenvalue weighted by Crippen LogP contribution is 2.22. The van der Waals surface area contributed by atoms with Crippen LogP contribution in [-0.4, -0.2) is 58.5 Å². The van der Waals surface area contributed by atoms with Crippen molar-refractivity contribution >= 4 is 5.97 Å². The van der Waals surface area contributed by atoms with Gasteiger partial charge in [-0.25, -0.2) is 0 Å². The maximum absolute atomic E-state index is 11.2. The number of nitrogens with zero attached hydrogens (tertiary/aromatic N) is 3. The van der Waals surface area contributed by atoms with Gasteiger partial charge in [0.15, 0.2) is 0 Å². The van der Waals surface area contributed by atoms with Crippen molar-refractivity contribution in [2.45, 2.75) is 19.1 Å². The standard InChI is InChI=1S/C17H22N4O3/c1-24-16-4-3-13(9-14(16)11-21-7-2-5-19-21)10-20-8-6-18-15(12-20)17(22)23/h2-5,7,9,15,18H,6,8,10-12H2,1H3,(H,22,23)/t15-/m1/s1. The Hall–Kier alpha value is -2.38. The van der Waals surface area contributed by atoms with E-state index in [0.29, 0.717) is 19.6 Å². The highest BCUT2D eigenvalue weighted by molar-refractivity contribution is 5.73. The first kappa shape index (κ1) is 16.5. The average molecular weight is 330 g/mol. The highest BCUT2D eigenvalue weighted by Gasteiger charge is 2.24. The van der Waals surface area contributed by atoms with E-state index in [9.17, 15) is 4.79 Å². The molecular weight excluding hydrogens is 308 g/mol. The van der Waals surface area contributed by atoms with E-state index in [1.165, 1.54) is 0 Å². The van der Waals surface area contributed by atoms with Gasteiger partial charge in [0.2, 0.25) is 0 Å². The molecule has 2 N–H and O–H groups in total. The molecule has 0 bridgehead atoms. The third-order valence-corrected chi connectivity index (χ3v) is 4.20. The zero-order chi connectivity index (χ0) is 16.9. The number of aliphatic carboxylic acids is 1. The van der Waals surface area contributed by atoms with Crippen molar-refractivity contribution in [1.82, 2.24) is 20.0 Å². The van der Waals surface area contributed by atoms with Crippen molar-refractivity contribution in [3.8, 4) is 5.75 Å². The van der Waals surface area contributed by atoms with E-state index in [4.69, 9.17) is 9.84 Å². The second kappa shape index (κ2) is 7.46. The predicted molar refractivity (Wildman–Crippen MR) is 89.0 cm³/mol. The molecule has 0 amide bonds. The molecule has 1 aromatic heterocycles. The van der Waals surface area contributed by atoms with Crippen molar-refractivity contribution in [2.75, 3.05) is 26.7 Å². The van der Waals surface area contributed by atoms with E-state index in [1.807, 2.05) is 29.1 Å². The second-order valence-electron chi connectivity index (χ2n) is 5.93. The lowest BCUT2D eigenvalue weighted by molar-refractivity contribution is -0.140. The molecule has 7 nitrogen and oxygen atoms in total. The van der Waals surface area contributed by atoms with Crippen LogP contribution in [0.15, 0.2) is 36.7 Å². The van der Waals surface area contributed by atoms with Crippen molar-refractivity contribution in [3.63, 3.8) is 0 Å². The Morgan fingerprint density at radius 2 is 2.33 bits per heavy atom. The summed E-state index contributed by atoms with van der Waals surface area (Å²) in [4.78, 5) is 13.3. The largest absolute Gasteiger partial charge is 0.496 e. The quantitative estimate of drug-likeness (QED) is 0.815. The molecule has 0 saturated carbocycles.